The summed E-state index contributed by atoms with van der Waals surface area (Å²) in [4.78, 5) is 13.3. The van der Waals surface area contributed by atoms with Crippen molar-refractivity contribution in [3.8, 4) is 12.3 Å². The molecule has 2 heteroatoms. The van der Waals surface area contributed by atoms with Gasteiger partial charge >= 0.3 is 0 Å². The van der Waals surface area contributed by atoms with E-state index < -0.39 is 0 Å². The van der Waals surface area contributed by atoms with E-state index in [4.69, 9.17) is 6.42 Å². The second-order valence-corrected chi connectivity index (χ2v) is 6.53. The summed E-state index contributed by atoms with van der Waals surface area (Å²) in [5, 5.41) is 0. The van der Waals surface area contributed by atoms with Gasteiger partial charge in [0.1, 0.15) is 0 Å². The fraction of sp³-hybridized carbons (Fsp3) is 0.500. The molecule has 0 saturated heterocycles. The van der Waals surface area contributed by atoms with Crippen molar-refractivity contribution >= 4 is 17.5 Å². The zero-order chi connectivity index (χ0) is 14.2. The Balaban J connectivity index is 1.81. The van der Waals surface area contributed by atoms with Crippen LogP contribution in [0.5, 0.6) is 0 Å². The maximum absolute atomic E-state index is 12.2. The minimum Gasteiger partial charge on any atom is -0.294 e. The summed E-state index contributed by atoms with van der Waals surface area (Å²) in [7, 11) is 0. The molecule has 20 heavy (non-hydrogen) atoms. The molecule has 106 valence electrons. The summed E-state index contributed by atoms with van der Waals surface area (Å²) < 4.78 is 0. The molecule has 0 radical (unpaired) electrons. The van der Waals surface area contributed by atoms with E-state index in [0.717, 1.165) is 22.8 Å². The third-order valence-electron chi connectivity index (χ3n) is 4.00. The minimum atomic E-state index is 0.282. The molecule has 0 bridgehead atoms. The molecule has 0 amide bonds. The van der Waals surface area contributed by atoms with E-state index >= 15 is 0 Å². The molecule has 1 aliphatic carbocycles. The minimum absolute atomic E-state index is 0.282. The van der Waals surface area contributed by atoms with E-state index in [-0.39, 0.29) is 5.78 Å². The number of benzene rings is 1. The lowest BCUT2D eigenvalue weighted by Crippen LogP contribution is -2.09. The van der Waals surface area contributed by atoms with Crippen LogP contribution in [0.3, 0.4) is 0 Å². The van der Waals surface area contributed by atoms with Crippen molar-refractivity contribution in [1.29, 1.82) is 0 Å². The lowest BCUT2D eigenvalue weighted by Gasteiger charge is -2.20. The average molecular weight is 286 g/mol. The number of rotatable bonds is 6. The van der Waals surface area contributed by atoms with E-state index in [1.807, 2.05) is 24.3 Å². The second-order valence-electron chi connectivity index (χ2n) is 5.48. The highest BCUT2D eigenvalue weighted by molar-refractivity contribution is 7.99. The first-order valence-electron chi connectivity index (χ1n) is 7.49. The molecule has 1 aromatic carbocycles. The zero-order valence-corrected chi connectivity index (χ0v) is 12.8. The van der Waals surface area contributed by atoms with Crippen LogP contribution in [0, 0.1) is 18.3 Å². The van der Waals surface area contributed by atoms with Crippen LogP contribution < -0.4 is 0 Å². The first-order valence-corrected chi connectivity index (χ1v) is 8.47. The number of terminal acetylenes is 1. The summed E-state index contributed by atoms with van der Waals surface area (Å²) in [6.07, 6.45) is 13.7. The molecule has 0 N–H and O–H groups in total. The van der Waals surface area contributed by atoms with Crippen LogP contribution in [0.15, 0.2) is 29.2 Å². The Kier molecular flexibility index (Phi) is 6.21. The van der Waals surface area contributed by atoms with Crippen LogP contribution in [-0.4, -0.2) is 11.5 Å². The Hall–Kier alpha value is -1.20. The Bertz CT molecular complexity index is 463. The van der Waals surface area contributed by atoms with Gasteiger partial charge in [0.05, 0.1) is 5.75 Å². The van der Waals surface area contributed by atoms with Crippen molar-refractivity contribution in [2.75, 3.05) is 5.75 Å². The fourth-order valence-corrected chi connectivity index (χ4v) is 3.40. The fourth-order valence-electron chi connectivity index (χ4n) is 2.82. The van der Waals surface area contributed by atoms with Crippen LogP contribution in [0.1, 0.15) is 55.3 Å². The number of carbonyl (C=O) groups is 1. The Morgan fingerprint density at radius 3 is 2.55 bits per heavy atom. The monoisotopic (exact) mass is 286 g/mol. The molecule has 0 spiro atoms. The predicted octanol–water partition coefficient (Wildman–Crippen LogP) is 4.96. The first-order chi connectivity index (χ1) is 9.79. The van der Waals surface area contributed by atoms with Crippen LogP contribution in [0.25, 0.3) is 0 Å². The van der Waals surface area contributed by atoms with Gasteiger partial charge in [-0.15, -0.1) is 18.2 Å². The maximum Gasteiger partial charge on any atom is 0.162 e. The number of thioether (sulfide) groups is 1. The standard InChI is InChI=1S/C18H22OS/c1-2-14-20-17-11-9-16(10-12-17)18(19)13-8-15-6-4-3-5-7-15/h1,9-12,15H,3-8,13-14H2. The number of ketones is 1. The van der Waals surface area contributed by atoms with Crippen molar-refractivity contribution in [2.24, 2.45) is 5.92 Å². The van der Waals surface area contributed by atoms with Crippen molar-refractivity contribution in [2.45, 2.75) is 49.8 Å². The summed E-state index contributed by atoms with van der Waals surface area (Å²) in [6, 6.07) is 7.86. The van der Waals surface area contributed by atoms with Crippen LogP contribution in [-0.2, 0) is 0 Å². The third-order valence-corrected chi connectivity index (χ3v) is 4.92. The molecule has 0 aromatic heterocycles. The van der Waals surface area contributed by atoms with Gasteiger partial charge in [-0.05, 0) is 24.5 Å². The summed E-state index contributed by atoms with van der Waals surface area (Å²) in [6.45, 7) is 0. The first kappa shape index (κ1) is 15.2. The van der Waals surface area contributed by atoms with Crippen molar-refractivity contribution in [3.63, 3.8) is 0 Å². The average Bonchev–Trinajstić information content (AvgIpc) is 2.52. The van der Waals surface area contributed by atoms with Crippen LogP contribution in [0.2, 0.25) is 0 Å². The van der Waals surface area contributed by atoms with Gasteiger partial charge < -0.3 is 0 Å². The smallest absolute Gasteiger partial charge is 0.162 e. The van der Waals surface area contributed by atoms with E-state index in [0.29, 0.717) is 12.2 Å². The SMILES string of the molecule is C#CCSc1ccc(C(=O)CCC2CCCCC2)cc1. The molecule has 1 nitrogen and oxygen atoms in total. The molecule has 1 saturated carbocycles. The summed E-state index contributed by atoms with van der Waals surface area (Å²) in [5.74, 6) is 4.34. The molecular weight excluding hydrogens is 264 g/mol. The van der Waals surface area contributed by atoms with E-state index in [9.17, 15) is 4.79 Å². The number of hydrogen-bond donors (Lipinski definition) is 0. The van der Waals surface area contributed by atoms with E-state index in [1.165, 1.54) is 32.1 Å². The number of Topliss-reactive ketones (excluding diaryl/α,β-unsaturated/α-hetero) is 1. The van der Waals surface area contributed by atoms with E-state index in [2.05, 4.69) is 5.92 Å². The zero-order valence-electron chi connectivity index (χ0n) is 11.9. The largest absolute Gasteiger partial charge is 0.294 e. The highest BCUT2D eigenvalue weighted by Gasteiger charge is 2.15. The van der Waals surface area contributed by atoms with E-state index in [1.54, 1.807) is 11.8 Å². The second kappa shape index (κ2) is 8.17. The van der Waals surface area contributed by atoms with Crippen molar-refractivity contribution in [1.82, 2.24) is 0 Å². The summed E-state index contributed by atoms with van der Waals surface area (Å²) in [5.41, 5.74) is 0.839. The van der Waals surface area contributed by atoms with Gasteiger partial charge in [-0.1, -0.05) is 50.2 Å². The molecule has 0 aliphatic heterocycles. The molecule has 0 heterocycles. The molecule has 0 atom stereocenters. The normalized spacial score (nSPS) is 15.8. The lowest BCUT2D eigenvalue weighted by atomic mass is 9.85. The topological polar surface area (TPSA) is 17.1 Å². The quantitative estimate of drug-likeness (QED) is 0.418. The van der Waals surface area contributed by atoms with Gasteiger partial charge in [0, 0.05) is 16.9 Å². The predicted molar refractivity (Wildman–Crippen MR) is 86.1 cm³/mol. The molecular formula is C18H22OS. The third kappa shape index (κ3) is 4.72. The number of carbonyl (C=O) groups excluding carboxylic acids is 1. The maximum atomic E-state index is 12.2. The van der Waals surface area contributed by atoms with Gasteiger partial charge in [0.2, 0.25) is 0 Å². The van der Waals surface area contributed by atoms with Gasteiger partial charge in [-0.3, -0.25) is 4.79 Å². The highest BCUT2D eigenvalue weighted by Crippen LogP contribution is 2.28. The number of hydrogen-bond acceptors (Lipinski definition) is 2. The van der Waals surface area contributed by atoms with Crippen LogP contribution >= 0.6 is 11.8 Å². The highest BCUT2D eigenvalue weighted by atomic mass is 32.2. The Labute approximate surface area is 126 Å². The molecule has 0 unspecified atom stereocenters. The molecule has 1 fully saturated rings. The van der Waals surface area contributed by atoms with Crippen LogP contribution in [0.4, 0.5) is 0 Å². The van der Waals surface area contributed by atoms with Gasteiger partial charge in [-0.2, -0.15) is 0 Å². The molecule has 2 rings (SSSR count). The molecule has 1 aromatic rings. The van der Waals surface area contributed by atoms with Gasteiger partial charge in [0.15, 0.2) is 5.78 Å². The van der Waals surface area contributed by atoms with Crippen molar-refractivity contribution in [3.05, 3.63) is 29.8 Å². The Morgan fingerprint density at radius 1 is 1.20 bits per heavy atom. The van der Waals surface area contributed by atoms with Crippen molar-refractivity contribution < 1.29 is 4.79 Å². The van der Waals surface area contributed by atoms with Gasteiger partial charge in [0.25, 0.3) is 0 Å². The molecule has 1 aliphatic rings. The van der Waals surface area contributed by atoms with Gasteiger partial charge in [-0.25, -0.2) is 0 Å². The lowest BCUT2D eigenvalue weighted by molar-refractivity contribution is 0.0970. The summed E-state index contributed by atoms with van der Waals surface area (Å²) >= 11 is 1.63. The Morgan fingerprint density at radius 2 is 1.90 bits per heavy atom.